The van der Waals surface area contributed by atoms with Gasteiger partial charge in [0.15, 0.2) is 5.58 Å². The second-order valence-corrected chi connectivity index (χ2v) is 10.7. The SMILES string of the molecule is COc1cc(C(=O)N2CCC(CO)CC2)ccc1-c1cc2nccc(-c3ccc(N4CC[C@H](F)C4)c(C#N)c3)c2o1. The van der Waals surface area contributed by atoms with Crippen molar-refractivity contribution < 1.29 is 23.4 Å². The molecule has 1 N–H and O–H groups in total. The third-order valence-electron chi connectivity index (χ3n) is 8.19. The molecule has 0 saturated carbocycles. The van der Waals surface area contributed by atoms with E-state index in [1.807, 2.05) is 46.2 Å². The minimum absolute atomic E-state index is 0.0625. The molecule has 0 aliphatic carbocycles. The van der Waals surface area contributed by atoms with Gasteiger partial charge in [0.1, 0.15) is 29.3 Å². The predicted octanol–water partition coefficient (Wildman–Crippen LogP) is 5.43. The molecule has 6 rings (SSSR count). The number of aliphatic hydroxyl groups is 1. The van der Waals surface area contributed by atoms with Gasteiger partial charge in [-0.3, -0.25) is 9.78 Å². The number of aliphatic hydroxyl groups excluding tert-OH is 1. The number of likely N-dealkylation sites (tertiary alicyclic amines) is 1. The number of benzene rings is 2. The number of nitriles is 1. The Bertz CT molecular complexity index is 1640. The Kier molecular flexibility index (Phi) is 7.33. The van der Waals surface area contributed by atoms with E-state index >= 15 is 0 Å². The van der Waals surface area contributed by atoms with Gasteiger partial charge in [0.05, 0.1) is 23.9 Å². The van der Waals surface area contributed by atoms with Crippen LogP contribution < -0.4 is 9.64 Å². The molecule has 2 fully saturated rings. The van der Waals surface area contributed by atoms with E-state index < -0.39 is 6.17 Å². The van der Waals surface area contributed by atoms with E-state index in [1.54, 1.807) is 25.4 Å². The maximum absolute atomic E-state index is 13.8. The molecular formula is C32H31FN4O4. The average Bonchev–Trinajstić information content (AvgIpc) is 3.66. The number of amides is 1. The molecule has 0 unspecified atom stereocenters. The highest BCUT2D eigenvalue weighted by atomic mass is 19.1. The number of fused-ring (bicyclic) bond motifs is 1. The van der Waals surface area contributed by atoms with Crippen LogP contribution in [0.5, 0.6) is 5.75 Å². The number of carbonyl (C=O) groups is 1. The third kappa shape index (κ3) is 5.11. The molecule has 4 heterocycles. The van der Waals surface area contributed by atoms with Crippen LogP contribution in [-0.2, 0) is 0 Å². The minimum atomic E-state index is -0.879. The fourth-order valence-electron chi connectivity index (χ4n) is 5.83. The molecule has 0 radical (unpaired) electrons. The normalized spacial score (nSPS) is 17.7. The number of carbonyl (C=O) groups excluding carboxylic acids is 1. The molecule has 8 nitrogen and oxygen atoms in total. The van der Waals surface area contributed by atoms with Gasteiger partial charge >= 0.3 is 0 Å². The molecule has 2 aromatic heterocycles. The number of nitrogens with zero attached hydrogens (tertiary/aromatic N) is 4. The van der Waals surface area contributed by atoms with Crippen molar-refractivity contribution in [1.29, 1.82) is 5.26 Å². The fourth-order valence-corrected chi connectivity index (χ4v) is 5.83. The topological polar surface area (TPSA) is 103 Å². The molecule has 2 aliphatic rings. The molecule has 2 aromatic carbocycles. The van der Waals surface area contributed by atoms with E-state index in [0.29, 0.717) is 71.9 Å². The van der Waals surface area contributed by atoms with Crippen LogP contribution >= 0.6 is 0 Å². The molecule has 210 valence electrons. The van der Waals surface area contributed by atoms with E-state index in [0.717, 1.165) is 29.7 Å². The Morgan fingerprint density at radius 1 is 1.12 bits per heavy atom. The number of furan rings is 1. The number of hydrogen-bond donors (Lipinski definition) is 1. The number of pyridine rings is 1. The lowest BCUT2D eigenvalue weighted by molar-refractivity contribution is 0.0650. The van der Waals surface area contributed by atoms with Gasteiger partial charge < -0.3 is 24.1 Å². The highest BCUT2D eigenvalue weighted by Crippen LogP contribution is 2.39. The van der Waals surface area contributed by atoms with Gasteiger partial charge in [-0.15, -0.1) is 0 Å². The van der Waals surface area contributed by atoms with Crippen molar-refractivity contribution in [3.05, 3.63) is 65.9 Å². The van der Waals surface area contributed by atoms with Crippen molar-refractivity contribution in [2.45, 2.75) is 25.4 Å². The number of hydrogen-bond acceptors (Lipinski definition) is 7. The smallest absolute Gasteiger partial charge is 0.253 e. The summed E-state index contributed by atoms with van der Waals surface area (Å²) in [5.74, 6) is 1.24. The van der Waals surface area contributed by atoms with Crippen LogP contribution in [-0.4, -0.2) is 67.0 Å². The van der Waals surface area contributed by atoms with Crippen molar-refractivity contribution in [3.8, 4) is 34.3 Å². The van der Waals surface area contributed by atoms with Crippen LogP contribution in [0, 0.1) is 17.2 Å². The molecule has 1 amide bonds. The van der Waals surface area contributed by atoms with E-state index in [2.05, 4.69) is 11.1 Å². The van der Waals surface area contributed by atoms with E-state index in [9.17, 15) is 19.6 Å². The maximum atomic E-state index is 13.8. The van der Waals surface area contributed by atoms with Gasteiger partial charge in [-0.25, -0.2) is 4.39 Å². The van der Waals surface area contributed by atoms with Crippen LogP contribution in [0.4, 0.5) is 10.1 Å². The highest BCUT2D eigenvalue weighted by molar-refractivity contribution is 5.97. The Morgan fingerprint density at radius 3 is 2.66 bits per heavy atom. The molecule has 1 atom stereocenters. The number of piperidine rings is 1. The second kappa shape index (κ2) is 11.2. The van der Waals surface area contributed by atoms with Crippen molar-refractivity contribution in [3.63, 3.8) is 0 Å². The van der Waals surface area contributed by atoms with Gasteiger partial charge in [0.25, 0.3) is 5.91 Å². The molecule has 9 heteroatoms. The van der Waals surface area contributed by atoms with E-state index in [-0.39, 0.29) is 18.4 Å². The Hall–Kier alpha value is -4.42. The predicted molar refractivity (Wildman–Crippen MR) is 154 cm³/mol. The number of halogens is 1. The standard InChI is InChI=1S/C32H31FN4O4/c1-40-29-15-22(32(39)36-11-7-20(19-38)8-12-36)2-4-26(29)30-16-27-31(41-30)25(6-10-35-27)21-3-5-28(23(14-21)17-34)37-13-9-24(33)18-37/h2-6,10,14-16,20,24,38H,7-9,11-13,18-19H2,1H3/t24-/m0/s1. The first-order valence-corrected chi connectivity index (χ1v) is 13.9. The number of ether oxygens (including phenoxy) is 1. The zero-order chi connectivity index (χ0) is 28.5. The van der Waals surface area contributed by atoms with Crippen LogP contribution in [0.3, 0.4) is 0 Å². The number of alkyl halides is 1. The summed E-state index contributed by atoms with van der Waals surface area (Å²) in [4.78, 5) is 21.4. The zero-order valence-electron chi connectivity index (χ0n) is 22.8. The van der Waals surface area contributed by atoms with Crippen LogP contribution in [0.2, 0.25) is 0 Å². The lowest BCUT2D eigenvalue weighted by Crippen LogP contribution is -2.39. The van der Waals surface area contributed by atoms with Gasteiger partial charge in [-0.2, -0.15) is 5.26 Å². The molecule has 2 saturated heterocycles. The summed E-state index contributed by atoms with van der Waals surface area (Å²) in [6, 6.07) is 16.9. The van der Waals surface area contributed by atoms with Gasteiger partial charge in [-0.05, 0) is 67.1 Å². The molecule has 2 aliphatic heterocycles. The Labute approximate surface area is 237 Å². The summed E-state index contributed by atoms with van der Waals surface area (Å²) < 4.78 is 25.8. The largest absolute Gasteiger partial charge is 0.496 e. The first-order valence-electron chi connectivity index (χ1n) is 13.9. The summed E-state index contributed by atoms with van der Waals surface area (Å²) in [6.45, 7) is 2.28. The van der Waals surface area contributed by atoms with Crippen molar-refractivity contribution in [1.82, 2.24) is 9.88 Å². The van der Waals surface area contributed by atoms with Crippen molar-refractivity contribution in [2.24, 2.45) is 5.92 Å². The zero-order valence-corrected chi connectivity index (χ0v) is 22.8. The fraction of sp³-hybridized carbons (Fsp3) is 0.344. The van der Waals surface area contributed by atoms with Gasteiger partial charge in [0, 0.05) is 56.2 Å². The Balaban J connectivity index is 1.31. The third-order valence-corrected chi connectivity index (χ3v) is 8.19. The van der Waals surface area contributed by atoms with Crippen LogP contribution in [0.25, 0.3) is 33.6 Å². The molecule has 4 aromatic rings. The van der Waals surface area contributed by atoms with Crippen LogP contribution in [0.15, 0.2) is 59.1 Å². The van der Waals surface area contributed by atoms with Crippen molar-refractivity contribution in [2.75, 3.05) is 44.8 Å². The summed E-state index contributed by atoms with van der Waals surface area (Å²) in [6.07, 6.45) is 2.87. The van der Waals surface area contributed by atoms with Crippen LogP contribution in [0.1, 0.15) is 35.2 Å². The lowest BCUT2D eigenvalue weighted by atomic mass is 9.97. The summed E-state index contributed by atoms with van der Waals surface area (Å²) in [7, 11) is 1.56. The molecule has 0 bridgehead atoms. The first-order chi connectivity index (χ1) is 20.0. The monoisotopic (exact) mass is 554 g/mol. The summed E-state index contributed by atoms with van der Waals surface area (Å²) >= 11 is 0. The minimum Gasteiger partial charge on any atom is -0.496 e. The quantitative estimate of drug-likeness (QED) is 0.339. The number of methoxy groups -OCH3 is 1. The van der Waals surface area contributed by atoms with E-state index in [4.69, 9.17) is 9.15 Å². The van der Waals surface area contributed by atoms with Gasteiger partial charge in [-0.1, -0.05) is 6.07 Å². The lowest BCUT2D eigenvalue weighted by Gasteiger charge is -2.31. The summed E-state index contributed by atoms with van der Waals surface area (Å²) in [5.41, 5.74) is 5.24. The molecular weight excluding hydrogens is 523 g/mol. The molecule has 41 heavy (non-hydrogen) atoms. The highest BCUT2D eigenvalue weighted by Gasteiger charge is 2.26. The van der Waals surface area contributed by atoms with Crippen molar-refractivity contribution >= 4 is 22.7 Å². The first kappa shape index (κ1) is 26.8. The number of anilines is 1. The second-order valence-electron chi connectivity index (χ2n) is 10.7. The average molecular weight is 555 g/mol. The maximum Gasteiger partial charge on any atom is 0.253 e. The number of rotatable bonds is 6. The number of aromatic nitrogens is 1. The Morgan fingerprint density at radius 2 is 1.95 bits per heavy atom. The van der Waals surface area contributed by atoms with Gasteiger partial charge in [0.2, 0.25) is 0 Å². The van der Waals surface area contributed by atoms with E-state index in [1.165, 1.54) is 0 Å². The summed E-state index contributed by atoms with van der Waals surface area (Å²) in [5, 5.41) is 19.2. The molecule has 0 spiro atoms.